The molecule has 0 aromatic heterocycles. The first-order chi connectivity index (χ1) is 6.40. The van der Waals surface area contributed by atoms with Crippen LogP contribution >= 0.6 is 0 Å². The van der Waals surface area contributed by atoms with Crippen molar-refractivity contribution in [1.29, 1.82) is 0 Å². The highest BCUT2D eigenvalue weighted by Gasteiger charge is 1.86. The standard InChI is InChI=1S/C6H10N2O2.C3H6O/c1-5(8-10)3-2-4-6(7)9;1-3(2)4/h2,4,10H,3H2,1H3,(H2,7,9);1-2H3. The number of amides is 1. The fraction of sp³-hybridized carbons (Fsp3) is 0.444. The van der Waals surface area contributed by atoms with Gasteiger partial charge in [-0.25, -0.2) is 0 Å². The molecule has 0 aliphatic carbocycles. The Bertz CT molecular complexity index is 240. The van der Waals surface area contributed by atoms with Gasteiger partial charge in [-0.05, 0) is 26.8 Å². The lowest BCUT2D eigenvalue weighted by molar-refractivity contribution is -0.115. The number of allylic oxidation sites excluding steroid dienone is 1. The van der Waals surface area contributed by atoms with Crippen molar-refractivity contribution in [2.24, 2.45) is 10.9 Å². The molecule has 0 atom stereocenters. The fourth-order valence-corrected chi connectivity index (χ4v) is 0.386. The summed E-state index contributed by atoms with van der Waals surface area (Å²) >= 11 is 0. The van der Waals surface area contributed by atoms with E-state index in [9.17, 15) is 9.59 Å². The molecule has 14 heavy (non-hydrogen) atoms. The maximum Gasteiger partial charge on any atom is 0.241 e. The van der Waals surface area contributed by atoms with Crippen LogP contribution < -0.4 is 5.73 Å². The first-order valence-corrected chi connectivity index (χ1v) is 4.00. The SMILES string of the molecule is CC(C)=O.CC(CC=CC(N)=O)=NO. The van der Waals surface area contributed by atoms with E-state index in [0.717, 1.165) is 0 Å². The zero-order valence-electron chi connectivity index (χ0n) is 8.65. The first kappa shape index (κ1) is 14.9. The third kappa shape index (κ3) is 22.4. The Morgan fingerprint density at radius 1 is 1.36 bits per heavy atom. The van der Waals surface area contributed by atoms with Crippen LogP contribution in [-0.4, -0.2) is 22.6 Å². The minimum atomic E-state index is -0.495. The van der Waals surface area contributed by atoms with Crippen LogP contribution in [0.15, 0.2) is 17.3 Å². The lowest BCUT2D eigenvalue weighted by atomic mass is 10.3. The number of carbonyl (C=O) groups excluding carboxylic acids is 2. The highest BCUT2D eigenvalue weighted by molar-refractivity contribution is 5.88. The number of nitrogens with two attached hydrogens (primary N) is 1. The Hall–Kier alpha value is -1.65. The van der Waals surface area contributed by atoms with Crippen molar-refractivity contribution in [3.63, 3.8) is 0 Å². The summed E-state index contributed by atoms with van der Waals surface area (Å²) in [5.41, 5.74) is 5.33. The number of nitrogens with zero attached hydrogens (tertiary/aromatic N) is 1. The van der Waals surface area contributed by atoms with Crippen LogP contribution in [0.4, 0.5) is 0 Å². The number of hydrogen-bond acceptors (Lipinski definition) is 4. The molecule has 0 bridgehead atoms. The molecule has 80 valence electrons. The highest BCUT2D eigenvalue weighted by atomic mass is 16.4. The third-order valence-electron chi connectivity index (χ3n) is 0.866. The van der Waals surface area contributed by atoms with Crippen LogP contribution in [0.3, 0.4) is 0 Å². The van der Waals surface area contributed by atoms with Gasteiger partial charge in [0, 0.05) is 6.42 Å². The molecule has 0 heterocycles. The molecule has 0 spiro atoms. The van der Waals surface area contributed by atoms with Crippen molar-refractivity contribution in [1.82, 2.24) is 0 Å². The predicted molar refractivity (Wildman–Crippen MR) is 54.2 cm³/mol. The van der Waals surface area contributed by atoms with E-state index < -0.39 is 5.91 Å². The molecule has 0 aliphatic rings. The number of rotatable bonds is 3. The van der Waals surface area contributed by atoms with E-state index in [2.05, 4.69) is 5.16 Å². The summed E-state index contributed by atoms with van der Waals surface area (Å²) < 4.78 is 0. The Kier molecular flexibility index (Phi) is 10.0. The maximum atomic E-state index is 10.1. The summed E-state index contributed by atoms with van der Waals surface area (Å²) in [6.07, 6.45) is 3.21. The molecule has 0 aliphatic heterocycles. The molecule has 0 saturated carbocycles. The van der Waals surface area contributed by atoms with E-state index >= 15 is 0 Å². The highest BCUT2D eigenvalue weighted by Crippen LogP contribution is 1.86. The van der Waals surface area contributed by atoms with Gasteiger partial charge >= 0.3 is 0 Å². The van der Waals surface area contributed by atoms with Crippen molar-refractivity contribution in [3.8, 4) is 0 Å². The van der Waals surface area contributed by atoms with Gasteiger partial charge in [-0.3, -0.25) is 4.79 Å². The average molecular weight is 200 g/mol. The second kappa shape index (κ2) is 9.44. The molecule has 0 aromatic carbocycles. The molecule has 0 rings (SSSR count). The summed E-state index contributed by atoms with van der Waals surface area (Å²) in [6, 6.07) is 0. The van der Waals surface area contributed by atoms with Gasteiger partial charge in [0.2, 0.25) is 5.91 Å². The lowest BCUT2D eigenvalue weighted by Gasteiger charge is -1.86. The van der Waals surface area contributed by atoms with Gasteiger partial charge < -0.3 is 15.7 Å². The van der Waals surface area contributed by atoms with Crippen LogP contribution in [0.1, 0.15) is 27.2 Å². The summed E-state index contributed by atoms with van der Waals surface area (Å²) in [5, 5.41) is 11.0. The topological polar surface area (TPSA) is 92.8 Å². The summed E-state index contributed by atoms with van der Waals surface area (Å²) in [6.45, 7) is 4.70. The van der Waals surface area contributed by atoms with Crippen LogP contribution in [0.25, 0.3) is 0 Å². The van der Waals surface area contributed by atoms with E-state index in [1.807, 2.05) is 0 Å². The Labute approximate surface area is 83.3 Å². The van der Waals surface area contributed by atoms with Crippen molar-refractivity contribution >= 4 is 17.4 Å². The zero-order chi connectivity index (χ0) is 11.6. The minimum absolute atomic E-state index is 0.167. The smallest absolute Gasteiger partial charge is 0.241 e. The van der Waals surface area contributed by atoms with Crippen molar-refractivity contribution in [2.75, 3.05) is 0 Å². The van der Waals surface area contributed by atoms with Crippen LogP contribution in [0, 0.1) is 0 Å². The fourth-order valence-electron chi connectivity index (χ4n) is 0.386. The van der Waals surface area contributed by atoms with Crippen molar-refractivity contribution in [3.05, 3.63) is 12.2 Å². The van der Waals surface area contributed by atoms with E-state index in [1.54, 1.807) is 6.92 Å². The molecule has 5 nitrogen and oxygen atoms in total. The van der Waals surface area contributed by atoms with E-state index in [-0.39, 0.29) is 5.78 Å². The van der Waals surface area contributed by atoms with Gasteiger partial charge in [0.25, 0.3) is 0 Å². The van der Waals surface area contributed by atoms with Gasteiger partial charge in [-0.1, -0.05) is 11.2 Å². The summed E-state index contributed by atoms with van der Waals surface area (Å²) in [4.78, 5) is 19.5. The molecule has 0 aromatic rings. The number of primary amides is 1. The number of carbonyl (C=O) groups is 2. The first-order valence-electron chi connectivity index (χ1n) is 4.00. The van der Waals surface area contributed by atoms with Crippen LogP contribution in [0.2, 0.25) is 0 Å². The van der Waals surface area contributed by atoms with Crippen molar-refractivity contribution < 1.29 is 14.8 Å². The van der Waals surface area contributed by atoms with Gasteiger partial charge in [0.05, 0.1) is 5.71 Å². The molecular formula is C9H16N2O3. The van der Waals surface area contributed by atoms with E-state index in [1.165, 1.54) is 26.0 Å². The minimum Gasteiger partial charge on any atom is -0.411 e. The second-order valence-corrected chi connectivity index (χ2v) is 2.75. The summed E-state index contributed by atoms with van der Waals surface area (Å²) in [5.74, 6) is -0.328. The normalized spacial score (nSPS) is 10.6. The molecule has 0 radical (unpaired) electrons. The molecular weight excluding hydrogens is 184 g/mol. The summed E-state index contributed by atoms with van der Waals surface area (Å²) in [7, 11) is 0. The molecule has 1 amide bonds. The number of hydrogen-bond donors (Lipinski definition) is 2. The van der Waals surface area contributed by atoms with Gasteiger partial charge in [0.1, 0.15) is 5.78 Å². The quantitative estimate of drug-likeness (QED) is 0.306. The number of oxime groups is 1. The number of Topliss-reactive ketones (excluding diaryl/α,β-unsaturated/α-hetero) is 1. The Morgan fingerprint density at radius 3 is 2.07 bits per heavy atom. The van der Waals surface area contributed by atoms with Gasteiger partial charge in [0.15, 0.2) is 0 Å². The lowest BCUT2D eigenvalue weighted by Crippen LogP contribution is -2.05. The zero-order valence-corrected chi connectivity index (χ0v) is 8.65. The Balaban J connectivity index is 0. The molecule has 3 N–H and O–H groups in total. The average Bonchev–Trinajstić information content (AvgIpc) is 2.02. The molecule has 5 heteroatoms. The van der Waals surface area contributed by atoms with Crippen molar-refractivity contribution in [2.45, 2.75) is 27.2 Å². The molecule has 0 unspecified atom stereocenters. The number of ketones is 1. The Morgan fingerprint density at radius 2 is 1.79 bits per heavy atom. The molecule has 0 fully saturated rings. The van der Waals surface area contributed by atoms with Gasteiger partial charge in [-0.15, -0.1) is 0 Å². The molecule has 0 saturated heterocycles. The van der Waals surface area contributed by atoms with Crippen LogP contribution in [0.5, 0.6) is 0 Å². The van der Waals surface area contributed by atoms with E-state index in [4.69, 9.17) is 10.9 Å². The third-order valence-corrected chi connectivity index (χ3v) is 0.866. The largest absolute Gasteiger partial charge is 0.411 e. The van der Waals surface area contributed by atoms with Gasteiger partial charge in [-0.2, -0.15) is 0 Å². The monoisotopic (exact) mass is 200 g/mol. The van der Waals surface area contributed by atoms with E-state index in [0.29, 0.717) is 12.1 Å². The second-order valence-electron chi connectivity index (χ2n) is 2.75. The predicted octanol–water partition coefficient (Wildman–Crippen LogP) is 0.863. The van der Waals surface area contributed by atoms with Crippen LogP contribution in [-0.2, 0) is 9.59 Å². The maximum absolute atomic E-state index is 10.1.